The number of para-hydroxylation sites is 2. The Bertz CT molecular complexity index is 752. The second-order valence-corrected chi connectivity index (χ2v) is 4.76. The zero-order valence-corrected chi connectivity index (χ0v) is 11.3. The van der Waals surface area contributed by atoms with E-state index in [-0.39, 0.29) is 11.7 Å². The molecule has 0 radical (unpaired) electrons. The number of aromatic nitrogens is 2. The van der Waals surface area contributed by atoms with E-state index in [1.54, 1.807) is 6.07 Å². The molecule has 0 amide bonds. The summed E-state index contributed by atoms with van der Waals surface area (Å²) in [5.41, 5.74) is 2.40. The topological polar surface area (TPSA) is 17.8 Å². The maximum Gasteiger partial charge on any atom is 0.129 e. The van der Waals surface area contributed by atoms with Crippen molar-refractivity contribution in [3.05, 3.63) is 59.1 Å². The Morgan fingerprint density at radius 2 is 1.95 bits per heavy atom. The van der Waals surface area contributed by atoms with E-state index in [9.17, 15) is 4.39 Å². The van der Waals surface area contributed by atoms with E-state index >= 15 is 0 Å². The molecular weight excluding hydrogens is 286 g/mol. The van der Waals surface area contributed by atoms with Crippen LogP contribution in [0, 0.1) is 5.82 Å². The van der Waals surface area contributed by atoms with E-state index in [0.717, 1.165) is 11.0 Å². The monoisotopic (exact) mass is 294 g/mol. The lowest BCUT2D eigenvalue weighted by Gasteiger charge is -2.09. The summed E-state index contributed by atoms with van der Waals surface area (Å²) in [5.74, 6) is 0.560. The van der Waals surface area contributed by atoms with Crippen LogP contribution in [0.4, 0.5) is 4.39 Å². The predicted molar refractivity (Wildman–Crippen MR) is 75.6 cm³/mol. The lowest BCUT2D eigenvalue weighted by atomic mass is 10.2. The Morgan fingerprint density at radius 3 is 2.68 bits per heavy atom. The van der Waals surface area contributed by atoms with E-state index in [1.807, 2.05) is 28.8 Å². The highest BCUT2D eigenvalue weighted by molar-refractivity contribution is 6.32. The van der Waals surface area contributed by atoms with Crippen LogP contribution in [-0.4, -0.2) is 9.55 Å². The number of alkyl halides is 1. The van der Waals surface area contributed by atoms with Crippen LogP contribution in [0.2, 0.25) is 5.02 Å². The Kier molecular flexibility index (Phi) is 3.17. The molecule has 0 saturated carbocycles. The number of nitrogens with zero attached hydrogens (tertiary/aromatic N) is 2. The zero-order chi connectivity index (χ0) is 13.4. The molecule has 2 nitrogen and oxygen atoms in total. The van der Waals surface area contributed by atoms with E-state index in [2.05, 4.69) is 4.98 Å². The molecule has 3 aromatic rings. The lowest BCUT2D eigenvalue weighted by Crippen LogP contribution is -2.00. The van der Waals surface area contributed by atoms with Gasteiger partial charge >= 0.3 is 0 Å². The average Bonchev–Trinajstić information content (AvgIpc) is 2.77. The third-order valence-electron chi connectivity index (χ3n) is 2.90. The summed E-state index contributed by atoms with van der Waals surface area (Å²) in [6.45, 7) is 0. The molecule has 0 N–H and O–H groups in total. The number of halogens is 3. The van der Waals surface area contributed by atoms with Crippen LogP contribution in [-0.2, 0) is 5.88 Å². The molecule has 5 heteroatoms. The van der Waals surface area contributed by atoms with Crippen LogP contribution in [0.3, 0.4) is 0 Å². The fraction of sp³-hybridized carbons (Fsp3) is 0.0714. The molecule has 2 aromatic carbocycles. The first-order valence-electron chi connectivity index (χ1n) is 5.68. The molecule has 1 aromatic heterocycles. The molecule has 0 aliphatic carbocycles. The van der Waals surface area contributed by atoms with Crippen molar-refractivity contribution >= 4 is 34.2 Å². The van der Waals surface area contributed by atoms with Gasteiger partial charge in [0.1, 0.15) is 11.6 Å². The summed E-state index contributed by atoms with van der Waals surface area (Å²) in [4.78, 5) is 4.45. The average molecular weight is 295 g/mol. The molecule has 0 saturated heterocycles. The summed E-state index contributed by atoms with van der Waals surface area (Å²) < 4.78 is 15.0. The molecule has 0 fully saturated rings. The van der Waals surface area contributed by atoms with Gasteiger partial charge in [-0.05, 0) is 30.3 Å². The second kappa shape index (κ2) is 4.83. The summed E-state index contributed by atoms with van der Waals surface area (Å²) in [6, 6.07) is 11.9. The Morgan fingerprint density at radius 1 is 1.16 bits per heavy atom. The van der Waals surface area contributed by atoms with Gasteiger partial charge in [0.2, 0.25) is 0 Å². The third-order valence-corrected chi connectivity index (χ3v) is 3.44. The van der Waals surface area contributed by atoms with Crippen molar-refractivity contribution in [2.45, 2.75) is 5.88 Å². The number of benzene rings is 2. The maximum absolute atomic E-state index is 13.2. The van der Waals surface area contributed by atoms with Crippen LogP contribution in [0.25, 0.3) is 16.7 Å². The molecule has 0 spiro atoms. The highest BCUT2D eigenvalue weighted by Gasteiger charge is 2.13. The van der Waals surface area contributed by atoms with Crippen LogP contribution in [0.5, 0.6) is 0 Å². The van der Waals surface area contributed by atoms with Gasteiger partial charge in [0.15, 0.2) is 0 Å². The smallest absolute Gasteiger partial charge is 0.129 e. The largest absolute Gasteiger partial charge is 0.294 e. The van der Waals surface area contributed by atoms with E-state index in [1.165, 1.54) is 12.1 Å². The molecule has 19 heavy (non-hydrogen) atoms. The zero-order valence-electron chi connectivity index (χ0n) is 9.78. The Hall–Kier alpha value is -1.58. The van der Waals surface area contributed by atoms with Gasteiger partial charge in [0, 0.05) is 0 Å². The van der Waals surface area contributed by atoms with Gasteiger partial charge in [-0.15, -0.1) is 11.6 Å². The molecule has 0 aliphatic heterocycles. The molecule has 3 rings (SSSR count). The molecule has 96 valence electrons. The standard InChI is InChI=1S/C14H9Cl2FN2/c15-8-14-18-11-3-1-2-4-13(11)19(14)12-6-5-9(17)7-10(12)16/h1-7H,8H2. The van der Waals surface area contributed by atoms with Crippen LogP contribution >= 0.6 is 23.2 Å². The van der Waals surface area contributed by atoms with Gasteiger partial charge in [-0.3, -0.25) is 4.57 Å². The van der Waals surface area contributed by atoms with Gasteiger partial charge in [0.05, 0.1) is 27.6 Å². The highest BCUT2D eigenvalue weighted by atomic mass is 35.5. The fourth-order valence-corrected chi connectivity index (χ4v) is 2.53. The van der Waals surface area contributed by atoms with E-state index < -0.39 is 0 Å². The van der Waals surface area contributed by atoms with Crippen LogP contribution < -0.4 is 0 Å². The van der Waals surface area contributed by atoms with Crippen LogP contribution in [0.1, 0.15) is 5.82 Å². The maximum atomic E-state index is 13.2. The lowest BCUT2D eigenvalue weighted by molar-refractivity contribution is 0.627. The molecule has 0 aliphatic rings. The summed E-state index contributed by atoms with van der Waals surface area (Å²) in [6.07, 6.45) is 0. The first kappa shape index (κ1) is 12.5. The minimum atomic E-state index is -0.370. The Balaban J connectivity index is 2.34. The quantitative estimate of drug-likeness (QED) is 0.634. The number of imidazole rings is 1. The summed E-state index contributed by atoms with van der Waals surface area (Å²) in [5, 5.41) is 0.328. The summed E-state index contributed by atoms with van der Waals surface area (Å²) >= 11 is 12.1. The minimum Gasteiger partial charge on any atom is -0.294 e. The van der Waals surface area contributed by atoms with Crippen molar-refractivity contribution in [3.63, 3.8) is 0 Å². The van der Waals surface area contributed by atoms with Gasteiger partial charge < -0.3 is 0 Å². The van der Waals surface area contributed by atoms with Crippen molar-refractivity contribution in [1.29, 1.82) is 0 Å². The van der Waals surface area contributed by atoms with Crippen LogP contribution in [0.15, 0.2) is 42.5 Å². The minimum absolute atomic E-state index is 0.252. The van der Waals surface area contributed by atoms with Gasteiger partial charge in [0.25, 0.3) is 0 Å². The molecule has 0 bridgehead atoms. The number of fused-ring (bicyclic) bond motifs is 1. The summed E-state index contributed by atoms with van der Waals surface area (Å²) in [7, 11) is 0. The van der Waals surface area contributed by atoms with Crippen molar-refractivity contribution < 1.29 is 4.39 Å². The van der Waals surface area contributed by atoms with Gasteiger partial charge in [-0.1, -0.05) is 23.7 Å². The number of hydrogen-bond acceptors (Lipinski definition) is 1. The van der Waals surface area contributed by atoms with Gasteiger partial charge in [-0.2, -0.15) is 0 Å². The SMILES string of the molecule is Fc1ccc(-n2c(CCl)nc3ccccc32)c(Cl)c1. The Labute approximate surface area is 119 Å². The predicted octanol–water partition coefficient (Wildman–Crippen LogP) is 4.56. The fourth-order valence-electron chi connectivity index (χ4n) is 2.10. The first-order valence-corrected chi connectivity index (χ1v) is 6.59. The highest BCUT2D eigenvalue weighted by Crippen LogP contribution is 2.28. The number of rotatable bonds is 2. The van der Waals surface area contributed by atoms with Crippen molar-refractivity contribution in [2.24, 2.45) is 0 Å². The van der Waals surface area contributed by atoms with Gasteiger partial charge in [-0.25, -0.2) is 9.37 Å². The molecule has 0 unspecified atom stereocenters. The van der Waals surface area contributed by atoms with Crippen molar-refractivity contribution in [1.82, 2.24) is 9.55 Å². The van der Waals surface area contributed by atoms with Crippen molar-refractivity contribution in [2.75, 3.05) is 0 Å². The normalized spacial score (nSPS) is 11.1. The number of hydrogen-bond donors (Lipinski definition) is 0. The third kappa shape index (κ3) is 2.09. The van der Waals surface area contributed by atoms with E-state index in [4.69, 9.17) is 23.2 Å². The van der Waals surface area contributed by atoms with E-state index in [0.29, 0.717) is 16.5 Å². The second-order valence-electron chi connectivity index (χ2n) is 4.08. The molecular formula is C14H9Cl2FN2. The molecule has 1 heterocycles. The first-order chi connectivity index (χ1) is 9.20. The van der Waals surface area contributed by atoms with Crippen molar-refractivity contribution in [3.8, 4) is 5.69 Å². The molecule has 0 atom stereocenters.